The topological polar surface area (TPSA) is 83.8 Å². The molecular weight excluding hydrogens is 188 g/mol. The second kappa shape index (κ2) is 3.95. The van der Waals surface area contributed by atoms with E-state index < -0.39 is 29.2 Å². The molecule has 1 aliphatic rings. The average Bonchev–Trinajstić information content (AvgIpc) is 2.13. The van der Waals surface area contributed by atoms with Gasteiger partial charge in [-0.25, -0.2) is 0 Å². The Morgan fingerprint density at radius 3 is 2.36 bits per heavy atom. The molecule has 1 aliphatic carbocycles. The van der Waals surface area contributed by atoms with E-state index in [0.29, 0.717) is 0 Å². The molecule has 14 heavy (non-hydrogen) atoms. The fraction of sp³-hybridized carbons (Fsp3) is 0.333. The smallest absolute Gasteiger partial charge is 0.316 e. The van der Waals surface area contributed by atoms with Gasteiger partial charge in [0, 0.05) is 0 Å². The number of aliphatic hydroxyl groups is 2. The van der Waals surface area contributed by atoms with Crippen LogP contribution >= 0.6 is 0 Å². The molecule has 0 aromatic rings. The standard InChI is InChI=1S/C9H10O5/c1-2-14-9(13)5-3-6(10)8(12)7(11)4-5/h3-5,10-11H,2H2,1H3. The molecule has 0 atom stereocenters. The summed E-state index contributed by atoms with van der Waals surface area (Å²) >= 11 is 0. The molecule has 0 heterocycles. The highest BCUT2D eigenvalue weighted by atomic mass is 16.5. The Bertz CT molecular complexity index is 304. The lowest BCUT2D eigenvalue weighted by atomic mass is 10.0. The number of aliphatic hydroxyl groups excluding tert-OH is 2. The minimum Gasteiger partial charge on any atom is -0.504 e. The molecule has 0 saturated heterocycles. The van der Waals surface area contributed by atoms with Crippen LogP contribution in [0.2, 0.25) is 0 Å². The molecule has 0 aliphatic heterocycles. The molecule has 0 unspecified atom stereocenters. The molecule has 0 saturated carbocycles. The van der Waals surface area contributed by atoms with Crippen LogP contribution in [0.3, 0.4) is 0 Å². The molecule has 0 radical (unpaired) electrons. The van der Waals surface area contributed by atoms with Crippen molar-refractivity contribution >= 4 is 11.8 Å². The zero-order chi connectivity index (χ0) is 10.7. The Morgan fingerprint density at radius 2 is 1.93 bits per heavy atom. The second-order valence-corrected chi connectivity index (χ2v) is 2.71. The maximum atomic E-state index is 11.2. The predicted molar refractivity (Wildman–Crippen MR) is 46.6 cm³/mol. The van der Waals surface area contributed by atoms with Gasteiger partial charge in [-0.05, 0) is 19.1 Å². The maximum absolute atomic E-state index is 11.2. The molecule has 5 nitrogen and oxygen atoms in total. The summed E-state index contributed by atoms with van der Waals surface area (Å²) in [5, 5.41) is 18.1. The molecule has 5 heteroatoms. The first-order chi connectivity index (χ1) is 6.56. The summed E-state index contributed by atoms with van der Waals surface area (Å²) in [7, 11) is 0. The van der Waals surface area contributed by atoms with Crippen LogP contribution in [0.15, 0.2) is 23.7 Å². The van der Waals surface area contributed by atoms with Gasteiger partial charge in [0.25, 0.3) is 5.78 Å². The molecule has 2 N–H and O–H groups in total. The van der Waals surface area contributed by atoms with Gasteiger partial charge in [-0.3, -0.25) is 9.59 Å². The van der Waals surface area contributed by atoms with Crippen LogP contribution in [-0.2, 0) is 14.3 Å². The van der Waals surface area contributed by atoms with E-state index in [2.05, 4.69) is 4.74 Å². The minimum absolute atomic E-state index is 0.201. The number of hydrogen-bond acceptors (Lipinski definition) is 5. The number of ketones is 1. The van der Waals surface area contributed by atoms with E-state index in [-0.39, 0.29) is 6.61 Å². The first kappa shape index (κ1) is 10.3. The van der Waals surface area contributed by atoms with Gasteiger partial charge in [-0.15, -0.1) is 0 Å². The van der Waals surface area contributed by atoms with Crippen molar-refractivity contribution in [1.82, 2.24) is 0 Å². The van der Waals surface area contributed by atoms with Gasteiger partial charge in [0.05, 0.1) is 6.61 Å². The van der Waals surface area contributed by atoms with E-state index in [9.17, 15) is 9.59 Å². The first-order valence-corrected chi connectivity index (χ1v) is 4.09. The maximum Gasteiger partial charge on any atom is 0.316 e. The van der Waals surface area contributed by atoms with Crippen LogP contribution in [0, 0.1) is 5.92 Å². The Hall–Kier alpha value is -1.78. The second-order valence-electron chi connectivity index (χ2n) is 2.71. The van der Waals surface area contributed by atoms with Crippen LogP contribution in [0.4, 0.5) is 0 Å². The zero-order valence-corrected chi connectivity index (χ0v) is 7.56. The molecule has 0 amide bonds. The summed E-state index contributed by atoms with van der Waals surface area (Å²) in [6, 6.07) is 0. The lowest BCUT2D eigenvalue weighted by Gasteiger charge is -2.12. The summed E-state index contributed by atoms with van der Waals surface area (Å²) in [4.78, 5) is 22.0. The van der Waals surface area contributed by atoms with Crippen LogP contribution in [-0.4, -0.2) is 28.6 Å². The van der Waals surface area contributed by atoms with Gasteiger partial charge in [-0.2, -0.15) is 0 Å². The van der Waals surface area contributed by atoms with Gasteiger partial charge in [-0.1, -0.05) is 0 Å². The lowest BCUT2D eigenvalue weighted by Crippen LogP contribution is -2.21. The zero-order valence-electron chi connectivity index (χ0n) is 7.56. The number of ether oxygens (including phenoxy) is 1. The molecule has 0 spiro atoms. The molecule has 0 fully saturated rings. The predicted octanol–water partition coefficient (Wildman–Crippen LogP) is 0.632. The summed E-state index contributed by atoms with van der Waals surface area (Å²) in [5.74, 6) is -3.66. The Labute approximate surface area is 80.3 Å². The Kier molecular flexibility index (Phi) is 2.91. The van der Waals surface area contributed by atoms with Crippen molar-refractivity contribution in [3.63, 3.8) is 0 Å². The number of hydrogen-bond donors (Lipinski definition) is 2. The monoisotopic (exact) mass is 198 g/mol. The molecule has 76 valence electrons. The van der Waals surface area contributed by atoms with Gasteiger partial charge in [0.2, 0.25) is 0 Å². The molecular formula is C9H10O5. The minimum atomic E-state index is -0.896. The van der Waals surface area contributed by atoms with Crippen molar-refractivity contribution in [1.29, 1.82) is 0 Å². The summed E-state index contributed by atoms with van der Waals surface area (Å²) in [6.45, 7) is 1.84. The van der Waals surface area contributed by atoms with Gasteiger partial charge in [0.15, 0.2) is 11.5 Å². The fourth-order valence-electron chi connectivity index (χ4n) is 1.05. The lowest BCUT2D eigenvalue weighted by molar-refractivity contribution is -0.145. The Balaban J connectivity index is 2.83. The largest absolute Gasteiger partial charge is 0.504 e. The van der Waals surface area contributed by atoms with E-state index in [4.69, 9.17) is 10.2 Å². The average molecular weight is 198 g/mol. The Morgan fingerprint density at radius 1 is 1.43 bits per heavy atom. The number of carbonyl (C=O) groups excluding carboxylic acids is 2. The van der Waals surface area contributed by atoms with E-state index >= 15 is 0 Å². The third-order valence-corrected chi connectivity index (χ3v) is 1.70. The summed E-state index contributed by atoms with van der Waals surface area (Å²) < 4.78 is 4.65. The van der Waals surface area contributed by atoms with Crippen molar-refractivity contribution in [2.45, 2.75) is 6.92 Å². The normalized spacial score (nSPS) is 17.4. The van der Waals surface area contributed by atoms with Crippen LogP contribution in [0.5, 0.6) is 0 Å². The fourth-order valence-corrected chi connectivity index (χ4v) is 1.05. The SMILES string of the molecule is CCOC(=O)C1C=C(O)C(=O)C(O)=C1. The van der Waals surface area contributed by atoms with Crippen molar-refractivity contribution < 1.29 is 24.5 Å². The van der Waals surface area contributed by atoms with E-state index in [1.54, 1.807) is 6.92 Å². The van der Waals surface area contributed by atoms with Crippen molar-refractivity contribution in [3.8, 4) is 0 Å². The highest BCUT2D eigenvalue weighted by Gasteiger charge is 2.26. The first-order valence-electron chi connectivity index (χ1n) is 4.09. The van der Waals surface area contributed by atoms with Gasteiger partial charge < -0.3 is 14.9 Å². The molecule has 0 aromatic carbocycles. The van der Waals surface area contributed by atoms with Crippen molar-refractivity contribution in [2.24, 2.45) is 5.92 Å². The summed E-state index contributed by atoms with van der Waals surface area (Å²) in [5.41, 5.74) is 0. The van der Waals surface area contributed by atoms with E-state index in [1.807, 2.05) is 0 Å². The number of carbonyl (C=O) groups is 2. The highest BCUT2D eigenvalue weighted by molar-refractivity contribution is 6.06. The van der Waals surface area contributed by atoms with E-state index in [0.717, 1.165) is 12.2 Å². The van der Waals surface area contributed by atoms with Crippen molar-refractivity contribution in [3.05, 3.63) is 23.7 Å². The molecule has 0 aromatic heterocycles. The van der Waals surface area contributed by atoms with Crippen LogP contribution in [0.25, 0.3) is 0 Å². The van der Waals surface area contributed by atoms with E-state index in [1.165, 1.54) is 0 Å². The summed E-state index contributed by atoms with van der Waals surface area (Å²) in [6.07, 6.45) is 2.08. The van der Waals surface area contributed by atoms with Crippen LogP contribution in [0.1, 0.15) is 6.92 Å². The van der Waals surface area contributed by atoms with Gasteiger partial charge in [0.1, 0.15) is 5.92 Å². The number of rotatable bonds is 2. The molecule has 0 bridgehead atoms. The highest BCUT2D eigenvalue weighted by Crippen LogP contribution is 2.17. The third-order valence-electron chi connectivity index (χ3n) is 1.70. The third kappa shape index (κ3) is 1.93. The van der Waals surface area contributed by atoms with Crippen molar-refractivity contribution in [2.75, 3.05) is 6.61 Å². The quantitative estimate of drug-likeness (QED) is 0.636. The van der Waals surface area contributed by atoms with Crippen LogP contribution < -0.4 is 0 Å². The number of esters is 1. The van der Waals surface area contributed by atoms with Gasteiger partial charge >= 0.3 is 5.97 Å². The molecule has 1 rings (SSSR count). The number of Topliss-reactive ketones (excluding diaryl/α,β-unsaturated/α-hetero) is 1.